The first-order chi connectivity index (χ1) is 18.7. The maximum atomic E-state index is 13.4. The first-order valence-corrected chi connectivity index (χ1v) is 12.8. The molecular formula is C29H32N2O8. The van der Waals surface area contributed by atoms with E-state index in [1.807, 2.05) is 31.2 Å². The fourth-order valence-corrected chi connectivity index (χ4v) is 5.07. The number of aliphatic hydroxyl groups excluding tert-OH is 2. The van der Waals surface area contributed by atoms with Gasteiger partial charge in [0, 0.05) is 36.2 Å². The van der Waals surface area contributed by atoms with E-state index >= 15 is 0 Å². The Hall–Kier alpha value is -4.02. The normalized spacial score (nSPS) is 21.1. The van der Waals surface area contributed by atoms with Crippen LogP contribution in [0.25, 0.3) is 0 Å². The van der Waals surface area contributed by atoms with Crippen molar-refractivity contribution < 1.29 is 38.9 Å². The van der Waals surface area contributed by atoms with Gasteiger partial charge in [-0.3, -0.25) is 19.2 Å². The van der Waals surface area contributed by atoms with Gasteiger partial charge in [-0.2, -0.15) is 0 Å². The van der Waals surface area contributed by atoms with E-state index in [9.17, 15) is 29.4 Å². The summed E-state index contributed by atoms with van der Waals surface area (Å²) in [6.07, 6.45) is -0.261. The molecule has 0 aromatic heterocycles. The third-order valence-corrected chi connectivity index (χ3v) is 7.06. The number of aldehydes is 1. The van der Waals surface area contributed by atoms with E-state index in [4.69, 9.17) is 9.47 Å². The van der Waals surface area contributed by atoms with E-state index in [1.54, 1.807) is 13.0 Å². The van der Waals surface area contributed by atoms with Gasteiger partial charge in [0.1, 0.15) is 18.5 Å². The largest absolute Gasteiger partial charge is 0.493 e. The van der Waals surface area contributed by atoms with Crippen LogP contribution in [0.15, 0.2) is 48.0 Å². The fraction of sp³-hybridized carbons (Fsp3) is 0.379. The Morgan fingerprint density at radius 3 is 2.51 bits per heavy atom. The van der Waals surface area contributed by atoms with Crippen molar-refractivity contribution in [1.82, 2.24) is 10.2 Å². The predicted octanol–water partition coefficient (Wildman–Crippen LogP) is 1.45. The lowest BCUT2D eigenvalue weighted by Gasteiger charge is -2.40. The zero-order valence-electron chi connectivity index (χ0n) is 22.0. The number of carbonyl (C=O) groups excluding carboxylic acids is 4. The van der Waals surface area contributed by atoms with Crippen LogP contribution in [-0.2, 0) is 20.9 Å². The van der Waals surface area contributed by atoms with Crippen molar-refractivity contribution in [3.63, 3.8) is 0 Å². The number of benzene rings is 2. The second-order valence-electron chi connectivity index (χ2n) is 9.60. The molecule has 0 unspecified atom stereocenters. The average molecular weight is 537 g/mol. The molecule has 0 fully saturated rings. The van der Waals surface area contributed by atoms with E-state index in [-0.39, 0.29) is 43.2 Å². The van der Waals surface area contributed by atoms with E-state index in [1.165, 1.54) is 24.2 Å². The number of aliphatic hydroxyl groups is 2. The monoisotopic (exact) mass is 536 g/mol. The van der Waals surface area contributed by atoms with Crippen molar-refractivity contribution in [2.24, 2.45) is 0 Å². The van der Waals surface area contributed by atoms with E-state index in [2.05, 4.69) is 5.32 Å². The summed E-state index contributed by atoms with van der Waals surface area (Å²) >= 11 is 0. The van der Waals surface area contributed by atoms with Gasteiger partial charge < -0.3 is 29.9 Å². The first-order valence-electron chi connectivity index (χ1n) is 12.8. The Morgan fingerprint density at radius 2 is 1.90 bits per heavy atom. The number of hydrogen-bond donors (Lipinski definition) is 3. The molecule has 1 heterocycles. The van der Waals surface area contributed by atoms with Crippen molar-refractivity contribution in [3.05, 3.63) is 70.3 Å². The smallest absolute Gasteiger partial charge is 0.290 e. The molecule has 10 heteroatoms. The van der Waals surface area contributed by atoms with Crippen molar-refractivity contribution in [3.8, 4) is 11.5 Å². The van der Waals surface area contributed by atoms with Gasteiger partial charge in [-0.25, -0.2) is 0 Å². The van der Waals surface area contributed by atoms with Gasteiger partial charge in [0.15, 0.2) is 11.5 Å². The molecular weight excluding hydrogens is 504 g/mol. The highest BCUT2D eigenvalue weighted by atomic mass is 16.5. The highest BCUT2D eigenvalue weighted by Gasteiger charge is 2.51. The zero-order valence-corrected chi connectivity index (χ0v) is 22.0. The molecule has 0 saturated carbocycles. The molecule has 3 N–H and O–H groups in total. The molecule has 1 aliphatic heterocycles. The summed E-state index contributed by atoms with van der Waals surface area (Å²) in [5.41, 5.74) is 2.71. The number of methoxy groups -OCH3 is 1. The van der Waals surface area contributed by atoms with E-state index in [0.717, 1.165) is 11.1 Å². The molecule has 0 spiro atoms. The maximum absolute atomic E-state index is 13.4. The van der Waals surface area contributed by atoms with Crippen LogP contribution in [-0.4, -0.2) is 77.5 Å². The number of nitrogens with zero attached hydrogens (tertiary/aromatic N) is 1. The Bertz CT molecular complexity index is 1300. The minimum atomic E-state index is -1.33. The maximum Gasteiger partial charge on any atom is 0.290 e. The number of rotatable bonds is 10. The molecule has 4 rings (SSSR count). The fourth-order valence-electron chi connectivity index (χ4n) is 5.07. The molecule has 2 amide bonds. The summed E-state index contributed by atoms with van der Waals surface area (Å²) in [5, 5.41) is 23.5. The summed E-state index contributed by atoms with van der Waals surface area (Å²) in [4.78, 5) is 52.1. The number of nitrogens with one attached hydrogen (secondary N) is 1. The lowest BCUT2D eigenvalue weighted by molar-refractivity contribution is -0.148. The molecule has 2 aromatic rings. The van der Waals surface area contributed by atoms with Crippen LogP contribution >= 0.6 is 0 Å². The molecule has 2 aliphatic rings. The Morgan fingerprint density at radius 1 is 1.18 bits per heavy atom. The molecule has 10 nitrogen and oxygen atoms in total. The lowest BCUT2D eigenvalue weighted by atomic mass is 9.77. The third kappa shape index (κ3) is 5.43. The predicted molar refractivity (Wildman–Crippen MR) is 141 cm³/mol. The number of amides is 2. The van der Waals surface area contributed by atoms with Gasteiger partial charge in [0.25, 0.3) is 5.91 Å². The Balaban J connectivity index is 1.84. The zero-order chi connectivity index (χ0) is 28.3. The SMILES string of the molecule is CCC(=O)C(=O)N(Cc1ccc(C)cc1)[C@@H]1C=C(C(=O)NCCO)[C@@H]2c3cc(C=O)cc(OC)c3O[C@@H]2[C@H]1O. The van der Waals surface area contributed by atoms with Crippen LogP contribution in [0.1, 0.15) is 46.3 Å². The number of ketones is 1. The van der Waals surface area contributed by atoms with E-state index in [0.29, 0.717) is 17.4 Å². The third-order valence-electron chi connectivity index (χ3n) is 7.06. The molecule has 206 valence electrons. The summed E-state index contributed by atoms with van der Waals surface area (Å²) in [6, 6.07) is 9.40. The minimum Gasteiger partial charge on any atom is -0.493 e. The van der Waals surface area contributed by atoms with Crippen LogP contribution < -0.4 is 14.8 Å². The number of Topliss-reactive ketones (excluding diaryl/α,β-unsaturated/α-hetero) is 1. The second-order valence-corrected chi connectivity index (χ2v) is 9.60. The van der Waals surface area contributed by atoms with Gasteiger partial charge >= 0.3 is 0 Å². The first kappa shape index (κ1) is 28.0. The Kier molecular flexibility index (Phi) is 8.47. The van der Waals surface area contributed by atoms with Gasteiger partial charge in [0.05, 0.1) is 25.7 Å². The van der Waals surface area contributed by atoms with Crippen LogP contribution in [0, 0.1) is 6.92 Å². The molecule has 4 atom stereocenters. The quantitative estimate of drug-likeness (QED) is 0.306. The average Bonchev–Trinajstić information content (AvgIpc) is 3.34. The number of fused-ring (bicyclic) bond motifs is 3. The second kappa shape index (κ2) is 11.8. The van der Waals surface area contributed by atoms with Crippen molar-refractivity contribution in [2.75, 3.05) is 20.3 Å². The van der Waals surface area contributed by atoms with Gasteiger partial charge in [-0.15, -0.1) is 0 Å². The van der Waals surface area contributed by atoms with Gasteiger partial charge in [-0.05, 0) is 30.7 Å². The van der Waals surface area contributed by atoms with Crippen LogP contribution in [0.3, 0.4) is 0 Å². The standard InChI is InChI=1S/C29H32N2O8/c1-4-22(34)29(37)31(14-17-7-5-16(2)6-8-17)21-13-20(28(36)30-9-10-32)24-19-11-18(15-33)12-23(38-3)26(19)39-27(24)25(21)35/h5-8,11-13,15,21,24-25,27,32,35H,4,9-10,14H2,1-3H3,(H,30,36)/t21-,24+,25+,27+/m1/s1. The van der Waals surface area contributed by atoms with Crippen LogP contribution in [0.2, 0.25) is 0 Å². The van der Waals surface area contributed by atoms with E-state index < -0.39 is 41.8 Å². The number of ether oxygens (including phenoxy) is 2. The summed E-state index contributed by atoms with van der Waals surface area (Å²) < 4.78 is 11.6. The minimum absolute atomic E-state index is 0.0115. The summed E-state index contributed by atoms with van der Waals surface area (Å²) in [6.45, 7) is 3.20. The van der Waals surface area contributed by atoms with Crippen molar-refractivity contribution in [2.45, 2.75) is 51.0 Å². The summed E-state index contributed by atoms with van der Waals surface area (Å²) in [7, 11) is 1.41. The Labute approximate surface area is 226 Å². The topological polar surface area (TPSA) is 142 Å². The van der Waals surface area contributed by atoms with Gasteiger partial charge in [-0.1, -0.05) is 36.8 Å². The number of carbonyl (C=O) groups is 4. The molecule has 0 radical (unpaired) electrons. The van der Waals surface area contributed by atoms with Crippen LogP contribution in [0.5, 0.6) is 11.5 Å². The number of aryl methyl sites for hydroxylation is 1. The highest BCUT2D eigenvalue weighted by molar-refractivity contribution is 6.36. The molecule has 1 aliphatic carbocycles. The van der Waals surface area contributed by atoms with Crippen molar-refractivity contribution in [1.29, 1.82) is 0 Å². The number of hydrogen-bond acceptors (Lipinski definition) is 8. The highest BCUT2D eigenvalue weighted by Crippen LogP contribution is 2.51. The van der Waals surface area contributed by atoms with Gasteiger partial charge in [0.2, 0.25) is 11.7 Å². The molecule has 0 bridgehead atoms. The lowest BCUT2D eigenvalue weighted by Crippen LogP contribution is -2.56. The molecule has 0 saturated heterocycles. The van der Waals surface area contributed by atoms with Crippen LogP contribution in [0.4, 0.5) is 0 Å². The molecule has 2 aromatic carbocycles. The summed E-state index contributed by atoms with van der Waals surface area (Å²) in [5.74, 6) is -2.21. The molecule has 39 heavy (non-hydrogen) atoms. The van der Waals surface area contributed by atoms with Crippen molar-refractivity contribution >= 4 is 23.9 Å².